The summed E-state index contributed by atoms with van der Waals surface area (Å²) in [5, 5.41) is 2.60. The highest BCUT2D eigenvalue weighted by molar-refractivity contribution is 7.89. The fourth-order valence-corrected chi connectivity index (χ4v) is 3.52. The van der Waals surface area contributed by atoms with Crippen molar-refractivity contribution in [2.45, 2.75) is 36.7 Å². The third-order valence-corrected chi connectivity index (χ3v) is 4.99. The van der Waals surface area contributed by atoms with E-state index < -0.39 is 22.0 Å². The van der Waals surface area contributed by atoms with Crippen LogP contribution < -0.4 is 15.8 Å². The molecular weight excluding hydrogens is 342 g/mol. The zero-order valence-corrected chi connectivity index (χ0v) is 14.7. The van der Waals surface area contributed by atoms with Gasteiger partial charge in [-0.15, -0.1) is 12.4 Å². The summed E-state index contributed by atoms with van der Waals surface area (Å²) < 4.78 is 32.1. The van der Waals surface area contributed by atoms with Crippen LogP contribution in [-0.4, -0.2) is 40.1 Å². The molecule has 2 rings (SSSR count). The first kappa shape index (κ1) is 19.9. The second-order valence-corrected chi connectivity index (χ2v) is 7.11. The average molecular weight is 364 g/mol. The third-order valence-electron chi connectivity index (χ3n) is 3.33. The molecule has 1 atom stereocenters. The molecule has 1 aromatic carbocycles. The molecule has 0 aromatic heterocycles. The van der Waals surface area contributed by atoms with Crippen molar-refractivity contribution >= 4 is 34.0 Å². The van der Waals surface area contributed by atoms with Crippen LogP contribution in [0.25, 0.3) is 0 Å². The molecular formula is C14H22ClN3O4S. The van der Waals surface area contributed by atoms with Crippen molar-refractivity contribution in [2.24, 2.45) is 5.73 Å². The van der Waals surface area contributed by atoms with Gasteiger partial charge in [-0.05, 0) is 37.5 Å². The highest BCUT2D eigenvalue weighted by atomic mass is 35.5. The number of amides is 1. The fraction of sp³-hybridized carbons (Fsp3) is 0.500. The molecule has 1 unspecified atom stereocenters. The van der Waals surface area contributed by atoms with Crippen molar-refractivity contribution in [2.75, 3.05) is 19.0 Å². The van der Waals surface area contributed by atoms with E-state index in [1.807, 2.05) is 0 Å². The lowest BCUT2D eigenvalue weighted by Crippen LogP contribution is -2.39. The van der Waals surface area contributed by atoms with Crippen molar-refractivity contribution in [1.82, 2.24) is 4.72 Å². The molecule has 0 spiro atoms. The number of sulfonamides is 1. The molecule has 0 heterocycles. The molecule has 0 radical (unpaired) electrons. The van der Waals surface area contributed by atoms with Gasteiger partial charge in [0.25, 0.3) is 0 Å². The van der Waals surface area contributed by atoms with E-state index in [-0.39, 0.29) is 30.0 Å². The van der Waals surface area contributed by atoms with Crippen LogP contribution in [0.1, 0.15) is 18.4 Å². The predicted octanol–water partition coefficient (Wildman–Crippen LogP) is 0.770. The molecule has 9 heteroatoms. The molecule has 0 aliphatic heterocycles. The maximum atomic E-state index is 12.3. The topological polar surface area (TPSA) is 111 Å². The Kier molecular flexibility index (Phi) is 6.97. The number of carbonyl (C=O) groups excluding carboxylic acids is 1. The van der Waals surface area contributed by atoms with Crippen LogP contribution in [0, 0.1) is 6.92 Å². The van der Waals surface area contributed by atoms with Gasteiger partial charge in [0.1, 0.15) is 6.04 Å². The monoisotopic (exact) mass is 363 g/mol. The fourth-order valence-electron chi connectivity index (χ4n) is 1.94. The first-order valence-corrected chi connectivity index (χ1v) is 8.50. The van der Waals surface area contributed by atoms with Gasteiger partial charge < -0.3 is 15.8 Å². The maximum absolute atomic E-state index is 12.3. The largest absolute Gasteiger partial charge is 0.383 e. The van der Waals surface area contributed by atoms with E-state index in [0.717, 1.165) is 12.8 Å². The number of anilines is 1. The van der Waals surface area contributed by atoms with Gasteiger partial charge in [-0.2, -0.15) is 0 Å². The first-order chi connectivity index (χ1) is 10.3. The molecule has 1 fully saturated rings. The standard InChI is InChI=1S/C14H21N3O4S.ClH/c1-9-3-4-11(16-14(18)12(15)8-21-2)7-13(9)22(19,20)17-10-5-6-10;/h3-4,7,10,12,17H,5-6,8,15H2,1-2H3,(H,16,18);1H. The van der Waals surface area contributed by atoms with Gasteiger partial charge >= 0.3 is 0 Å². The van der Waals surface area contributed by atoms with E-state index in [1.165, 1.54) is 13.2 Å². The summed E-state index contributed by atoms with van der Waals surface area (Å²) in [5.41, 5.74) is 6.64. The van der Waals surface area contributed by atoms with E-state index in [0.29, 0.717) is 11.3 Å². The van der Waals surface area contributed by atoms with Crippen LogP contribution in [0.4, 0.5) is 5.69 Å². The van der Waals surface area contributed by atoms with Crippen molar-refractivity contribution in [1.29, 1.82) is 0 Å². The zero-order valence-electron chi connectivity index (χ0n) is 13.0. The summed E-state index contributed by atoms with van der Waals surface area (Å²) in [6.45, 7) is 1.80. The number of nitrogens with two attached hydrogens (primary N) is 1. The number of methoxy groups -OCH3 is 1. The van der Waals surface area contributed by atoms with Gasteiger partial charge in [-0.3, -0.25) is 4.79 Å². The SMILES string of the molecule is COCC(N)C(=O)Nc1ccc(C)c(S(=O)(=O)NC2CC2)c1.Cl. The molecule has 0 saturated heterocycles. The summed E-state index contributed by atoms with van der Waals surface area (Å²) in [6, 6.07) is 3.95. The Morgan fingerprint density at radius 3 is 2.65 bits per heavy atom. The van der Waals surface area contributed by atoms with Gasteiger partial charge in [-0.1, -0.05) is 6.07 Å². The number of benzene rings is 1. The van der Waals surface area contributed by atoms with Crippen molar-refractivity contribution in [3.63, 3.8) is 0 Å². The summed E-state index contributed by atoms with van der Waals surface area (Å²) in [4.78, 5) is 12.0. The Hall–Kier alpha value is -1.19. The van der Waals surface area contributed by atoms with E-state index in [2.05, 4.69) is 10.0 Å². The van der Waals surface area contributed by atoms with Gasteiger partial charge in [0.15, 0.2) is 0 Å². The van der Waals surface area contributed by atoms with Crippen molar-refractivity contribution in [3.8, 4) is 0 Å². The number of rotatable bonds is 7. The second kappa shape index (κ2) is 8.07. The molecule has 130 valence electrons. The summed E-state index contributed by atoms with van der Waals surface area (Å²) in [7, 11) is -2.12. The lowest BCUT2D eigenvalue weighted by atomic mass is 10.2. The number of halogens is 1. The normalized spacial score (nSPS) is 15.6. The lowest BCUT2D eigenvalue weighted by molar-refractivity contribution is -0.118. The quantitative estimate of drug-likeness (QED) is 0.662. The molecule has 23 heavy (non-hydrogen) atoms. The van der Waals surface area contributed by atoms with Gasteiger partial charge in [-0.25, -0.2) is 13.1 Å². The minimum absolute atomic E-state index is 0. The molecule has 1 aliphatic rings. The summed E-state index contributed by atoms with van der Waals surface area (Å²) in [5.74, 6) is -0.427. The van der Waals surface area contributed by atoms with Crippen LogP contribution in [0.3, 0.4) is 0 Å². The molecule has 1 aromatic rings. The average Bonchev–Trinajstić information content (AvgIpc) is 3.24. The van der Waals surface area contributed by atoms with Crippen LogP contribution in [0.5, 0.6) is 0 Å². The van der Waals surface area contributed by atoms with Crippen molar-refractivity contribution in [3.05, 3.63) is 23.8 Å². The highest BCUT2D eigenvalue weighted by Gasteiger charge is 2.29. The summed E-state index contributed by atoms with van der Waals surface area (Å²) in [6.07, 6.45) is 1.72. The van der Waals surface area contributed by atoms with E-state index in [4.69, 9.17) is 10.5 Å². The number of hydrogen-bond acceptors (Lipinski definition) is 5. The minimum Gasteiger partial charge on any atom is -0.383 e. The Balaban J connectivity index is 0.00000264. The zero-order chi connectivity index (χ0) is 16.3. The number of carbonyl (C=O) groups is 1. The third kappa shape index (κ3) is 5.43. The Morgan fingerprint density at radius 2 is 2.09 bits per heavy atom. The van der Waals surface area contributed by atoms with Gasteiger partial charge in [0, 0.05) is 18.8 Å². The molecule has 1 saturated carbocycles. The van der Waals surface area contributed by atoms with Crippen molar-refractivity contribution < 1.29 is 17.9 Å². The Bertz CT molecular complexity index is 662. The number of aryl methyl sites for hydroxylation is 1. The lowest BCUT2D eigenvalue weighted by Gasteiger charge is -2.14. The Labute approximate surface area is 142 Å². The van der Waals surface area contributed by atoms with Crippen LogP contribution in [-0.2, 0) is 19.6 Å². The molecule has 1 amide bonds. The smallest absolute Gasteiger partial charge is 0.243 e. The van der Waals surface area contributed by atoms with Crippen LogP contribution >= 0.6 is 12.4 Å². The number of ether oxygens (including phenoxy) is 1. The predicted molar refractivity (Wildman–Crippen MR) is 90.3 cm³/mol. The van der Waals surface area contributed by atoms with E-state index in [9.17, 15) is 13.2 Å². The van der Waals surface area contributed by atoms with Gasteiger partial charge in [0.2, 0.25) is 15.9 Å². The van der Waals surface area contributed by atoms with Crippen LogP contribution in [0.2, 0.25) is 0 Å². The number of nitrogens with one attached hydrogen (secondary N) is 2. The maximum Gasteiger partial charge on any atom is 0.243 e. The first-order valence-electron chi connectivity index (χ1n) is 7.02. The molecule has 4 N–H and O–H groups in total. The highest BCUT2D eigenvalue weighted by Crippen LogP contribution is 2.25. The molecule has 1 aliphatic carbocycles. The minimum atomic E-state index is -3.57. The van der Waals surface area contributed by atoms with Crippen LogP contribution in [0.15, 0.2) is 23.1 Å². The summed E-state index contributed by atoms with van der Waals surface area (Å²) >= 11 is 0. The van der Waals surface area contributed by atoms with E-state index in [1.54, 1.807) is 19.1 Å². The molecule has 0 bridgehead atoms. The van der Waals surface area contributed by atoms with E-state index >= 15 is 0 Å². The number of hydrogen-bond donors (Lipinski definition) is 3. The van der Waals surface area contributed by atoms with Gasteiger partial charge in [0.05, 0.1) is 11.5 Å². The second-order valence-electron chi connectivity index (χ2n) is 5.43. The molecule has 7 nitrogen and oxygen atoms in total. The Morgan fingerprint density at radius 1 is 1.43 bits per heavy atom.